The first-order valence-electron chi connectivity index (χ1n) is 7.25. The molecule has 122 valence electrons. The summed E-state index contributed by atoms with van der Waals surface area (Å²) in [5, 5.41) is 8.71. The standard InChI is InChI=1S/C15H19N5O2S/c1-4-17-12-10-7-5-6-8-11(10)18-15(19-12)23-9(2)13(21)20-14(22)16-3/h5-9H,4H2,1-3H3,(H,17,18,19)(H2,16,20,21,22). The number of para-hydroxylation sites is 1. The lowest BCUT2D eigenvalue weighted by Crippen LogP contribution is -2.41. The molecule has 1 atom stereocenters. The smallest absolute Gasteiger partial charge is 0.321 e. The first kappa shape index (κ1) is 17.0. The first-order valence-corrected chi connectivity index (χ1v) is 8.13. The molecule has 2 aromatic rings. The van der Waals surface area contributed by atoms with Crippen molar-refractivity contribution in [2.45, 2.75) is 24.3 Å². The Balaban J connectivity index is 2.22. The van der Waals surface area contributed by atoms with Gasteiger partial charge in [0.1, 0.15) is 5.82 Å². The van der Waals surface area contributed by atoms with Crippen LogP contribution in [0.25, 0.3) is 10.9 Å². The van der Waals surface area contributed by atoms with Crippen molar-refractivity contribution in [1.82, 2.24) is 20.6 Å². The molecule has 0 saturated carbocycles. The summed E-state index contributed by atoms with van der Waals surface area (Å²) < 4.78 is 0. The van der Waals surface area contributed by atoms with Crippen LogP contribution < -0.4 is 16.0 Å². The Morgan fingerprint density at radius 3 is 2.70 bits per heavy atom. The molecule has 0 radical (unpaired) electrons. The fraction of sp³-hybridized carbons (Fsp3) is 0.333. The van der Waals surface area contributed by atoms with Gasteiger partial charge in [-0.2, -0.15) is 0 Å². The Morgan fingerprint density at radius 1 is 1.26 bits per heavy atom. The third-order valence-electron chi connectivity index (χ3n) is 3.04. The summed E-state index contributed by atoms with van der Waals surface area (Å²) in [6.45, 7) is 4.43. The zero-order valence-corrected chi connectivity index (χ0v) is 14.0. The number of thioether (sulfide) groups is 1. The van der Waals surface area contributed by atoms with Crippen LogP contribution in [0, 0.1) is 0 Å². The summed E-state index contributed by atoms with van der Waals surface area (Å²) >= 11 is 1.20. The molecule has 0 fully saturated rings. The highest BCUT2D eigenvalue weighted by Gasteiger charge is 2.19. The third kappa shape index (κ3) is 4.32. The molecule has 1 unspecified atom stereocenters. The van der Waals surface area contributed by atoms with E-state index < -0.39 is 17.2 Å². The quantitative estimate of drug-likeness (QED) is 0.572. The number of nitrogens with zero attached hydrogens (tertiary/aromatic N) is 2. The molecule has 1 heterocycles. The summed E-state index contributed by atoms with van der Waals surface area (Å²) in [6, 6.07) is 7.15. The van der Waals surface area contributed by atoms with Crippen LogP contribution in [0.4, 0.5) is 10.6 Å². The zero-order valence-electron chi connectivity index (χ0n) is 13.2. The molecule has 3 N–H and O–H groups in total. The second-order valence-electron chi connectivity index (χ2n) is 4.73. The minimum atomic E-state index is -0.532. The molecule has 7 nitrogen and oxygen atoms in total. The maximum atomic E-state index is 11.9. The predicted molar refractivity (Wildman–Crippen MR) is 91.6 cm³/mol. The van der Waals surface area contributed by atoms with Gasteiger partial charge >= 0.3 is 6.03 Å². The lowest BCUT2D eigenvalue weighted by Gasteiger charge is -2.12. The molecule has 23 heavy (non-hydrogen) atoms. The third-order valence-corrected chi connectivity index (χ3v) is 4.00. The minimum absolute atomic E-state index is 0.392. The Hall–Kier alpha value is -2.35. The number of hydrogen-bond donors (Lipinski definition) is 3. The van der Waals surface area contributed by atoms with Gasteiger partial charge in [0.15, 0.2) is 5.16 Å². The van der Waals surface area contributed by atoms with Gasteiger partial charge in [0.2, 0.25) is 5.91 Å². The van der Waals surface area contributed by atoms with Crippen molar-refractivity contribution < 1.29 is 9.59 Å². The van der Waals surface area contributed by atoms with Gasteiger partial charge in [0.25, 0.3) is 0 Å². The number of nitrogens with one attached hydrogen (secondary N) is 3. The van der Waals surface area contributed by atoms with Crippen molar-refractivity contribution in [3.05, 3.63) is 24.3 Å². The molecule has 0 aliphatic carbocycles. The van der Waals surface area contributed by atoms with Crippen LogP contribution >= 0.6 is 11.8 Å². The number of imide groups is 1. The van der Waals surface area contributed by atoms with Crippen LogP contribution in [-0.4, -0.2) is 40.7 Å². The molecule has 0 spiro atoms. The number of rotatable bonds is 5. The van der Waals surface area contributed by atoms with E-state index >= 15 is 0 Å². The van der Waals surface area contributed by atoms with Gasteiger partial charge in [-0.1, -0.05) is 23.9 Å². The van der Waals surface area contributed by atoms with E-state index in [0.717, 1.165) is 23.3 Å². The number of benzene rings is 1. The van der Waals surface area contributed by atoms with E-state index in [1.54, 1.807) is 6.92 Å². The summed E-state index contributed by atoms with van der Waals surface area (Å²) in [4.78, 5) is 32.1. The van der Waals surface area contributed by atoms with Gasteiger partial charge in [-0.25, -0.2) is 14.8 Å². The van der Waals surface area contributed by atoms with Gasteiger partial charge in [-0.05, 0) is 26.0 Å². The number of fused-ring (bicyclic) bond motifs is 1. The van der Waals surface area contributed by atoms with E-state index in [2.05, 4.69) is 25.9 Å². The lowest BCUT2D eigenvalue weighted by atomic mass is 10.2. The molecular weight excluding hydrogens is 314 g/mol. The Labute approximate surface area is 138 Å². The predicted octanol–water partition coefficient (Wildman–Crippen LogP) is 2.00. The maximum Gasteiger partial charge on any atom is 0.321 e. The van der Waals surface area contributed by atoms with E-state index in [-0.39, 0.29) is 0 Å². The maximum absolute atomic E-state index is 11.9. The molecule has 8 heteroatoms. The number of anilines is 1. The summed E-state index contributed by atoms with van der Waals surface area (Å²) in [7, 11) is 1.45. The molecule has 0 aliphatic heterocycles. The van der Waals surface area contributed by atoms with E-state index in [1.807, 2.05) is 31.2 Å². The van der Waals surface area contributed by atoms with Crippen LogP contribution in [0.5, 0.6) is 0 Å². The highest BCUT2D eigenvalue weighted by molar-refractivity contribution is 8.00. The highest BCUT2D eigenvalue weighted by Crippen LogP contribution is 2.26. The van der Waals surface area contributed by atoms with Crippen LogP contribution in [-0.2, 0) is 4.79 Å². The lowest BCUT2D eigenvalue weighted by molar-refractivity contribution is -0.119. The number of urea groups is 1. The second-order valence-corrected chi connectivity index (χ2v) is 6.04. The number of carbonyl (C=O) groups is 2. The Kier molecular flexibility index (Phi) is 5.75. The Morgan fingerprint density at radius 2 is 2.00 bits per heavy atom. The van der Waals surface area contributed by atoms with E-state index in [9.17, 15) is 9.59 Å². The molecule has 0 aliphatic rings. The fourth-order valence-electron chi connectivity index (χ4n) is 1.90. The summed E-state index contributed by atoms with van der Waals surface area (Å²) in [5.74, 6) is 0.343. The van der Waals surface area contributed by atoms with E-state index in [0.29, 0.717) is 5.16 Å². The minimum Gasteiger partial charge on any atom is -0.370 e. The molecular formula is C15H19N5O2S. The highest BCUT2D eigenvalue weighted by atomic mass is 32.2. The van der Waals surface area contributed by atoms with Crippen molar-refractivity contribution >= 4 is 40.4 Å². The number of carbonyl (C=O) groups excluding carboxylic acids is 2. The van der Waals surface area contributed by atoms with Gasteiger partial charge in [0.05, 0.1) is 10.8 Å². The monoisotopic (exact) mass is 333 g/mol. The van der Waals surface area contributed by atoms with Crippen molar-refractivity contribution in [2.24, 2.45) is 0 Å². The van der Waals surface area contributed by atoms with Crippen molar-refractivity contribution in [1.29, 1.82) is 0 Å². The zero-order chi connectivity index (χ0) is 16.8. The molecule has 2 rings (SSSR count). The average Bonchev–Trinajstić information content (AvgIpc) is 2.54. The number of aromatic nitrogens is 2. The van der Waals surface area contributed by atoms with Crippen molar-refractivity contribution in [2.75, 3.05) is 18.9 Å². The largest absolute Gasteiger partial charge is 0.370 e. The van der Waals surface area contributed by atoms with Crippen LogP contribution in [0.3, 0.4) is 0 Å². The number of amides is 3. The first-order chi connectivity index (χ1) is 11.0. The summed E-state index contributed by atoms with van der Waals surface area (Å²) in [5.41, 5.74) is 0.805. The van der Waals surface area contributed by atoms with E-state index in [4.69, 9.17) is 0 Å². The van der Waals surface area contributed by atoms with Gasteiger partial charge in [-0.3, -0.25) is 10.1 Å². The Bertz CT molecular complexity index is 722. The van der Waals surface area contributed by atoms with Crippen LogP contribution in [0.2, 0.25) is 0 Å². The molecule has 3 amide bonds. The molecule has 0 bridgehead atoms. The molecule has 1 aromatic carbocycles. The fourth-order valence-corrected chi connectivity index (χ4v) is 2.68. The molecule has 0 saturated heterocycles. The second kappa shape index (κ2) is 7.77. The normalized spacial score (nSPS) is 11.8. The van der Waals surface area contributed by atoms with Gasteiger partial charge < -0.3 is 10.6 Å². The van der Waals surface area contributed by atoms with Crippen LogP contribution in [0.15, 0.2) is 29.4 Å². The van der Waals surface area contributed by atoms with Crippen molar-refractivity contribution in [3.8, 4) is 0 Å². The number of hydrogen-bond acceptors (Lipinski definition) is 6. The van der Waals surface area contributed by atoms with Crippen LogP contribution in [0.1, 0.15) is 13.8 Å². The van der Waals surface area contributed by atoms with Gasteiger partial charge in [-0.15, -0.1) is 0 Å². The SMILES string of the molecule is CCNc1nc(SC(C)C(=O)NC(=O)NC)nc2ccccc12. The topological polar surface area (TPSA) is 96.0 Å². The van der Waals surface area contributed by atoms with Gasteiger partial charge in [0, 0.05) is 19.0 Å². The average molecular weight is 333 g/mol. The van der Waals surface area contributed by atoms with E-state index in [1.165, 1.54) is 18.8 Å². The summed E-state index contributed by atoms with van der Waals surface area (Å²) in [6.07, 6.45) is 0. The van der Waals surface area contributed by atoms with Crippen molar-refractivity contribution in [3.63, 3.8) is 0 Å². The molecule has 1 aromatic heterocycles.